The largest absolute Gasteiger partial charge is 0.398 e. The highest BCUT2D eigenvalue weighted by Gasteiger charge is 2.10. The topological polar surface area (TPSA) is 164 Å². The number of rotatable bonds is 14. The van der Waals surface area contributed by atoms with Gasteiger partial charge in [0.25, 0.3) is 0 Å². The zero-order chi connectivity index (χ0) is 36.4. The van der Waals surface area contributed by atoms with E-state index in [1.807, 2.05) is 97.1 Å². The summed E-state index contributed by atoms with van der Waals surface area (Å²) in [6.45, 7) is 11.6. The summed E-state index contributed by atoms with van der Waals surface area (Å²) in [5.41, 5.74) is 14.7. The molecule has 260 valence electrons. The number of aliphatic imine (C=N–C) groups is 1. The van der Waals surface area contributed by atoms with Crippen molar-refractivity contribution in [2.75, 3.05) is 41.7 Å². The van der Waals surface area contributed by atoms with Crippen LogP contribution in [-0.4, -0.2) is 37.8 Å². The Balaban J connectivity index is 0.000000328. The first-order valence-electron chi connectivity index (χ1n) is 14.8. The Morgan fingerprint density at radius 3 is 1.30 bits per heavy atom. The Bertz CT molecular complexity index is 1640. The van der Waals surface area contributed by atoms with Crippen LogP contribution in [0.4, 0.5) is 32.3 Å². The molecule has 10 nitrogen and oxygen atoms in total. The number of nitrogens with zero attached hydrogens (tertiary/aromatic N) is 1. The molecule has 0 aliphatic rings. The van der Waals surface area contributed by atoms with Crippen molar-refractivity contribution in [1.82, 2.24) is 10.6 Å². The summed E-state index contributed by atoms with van der Waals surface area (Å²) >= 11 is 0. The second-order valence-corrected chi connectivity index (χ2v) is 13.8. The highest BCUT2D eigenvalue weighted by atomic mass is 33.1. The fourth-order valence-electron chi connectivity index (χ4n) is 3.34. The van der Waals surface area contributed by atoms with E-state index in [0.717, 1.165) is 31.0 Å². The number of nitrogen functional groups attached to an aromatic ring is 2. The number of anilines is 4. The van der Waals surface area contributed by atoms with Crippen molar-refractivity contribution in [3.8, 4) is 0 Å². The average Bonchev–Trinajstić information content (AvgIpc) is 3.13. The molecule has 4 amide bonds. The molecule has 0 aliphatic heterocycles. The molecule has 0 heterocycles. The van der Waals surface area contributed by atoms with Crippen molar-refractivity contribution < 1.29 is 14.4 Å². The second-order valence-electron chi connectivity index (χ2n) is 9.37. The molecule has 4 rings (SSSR count). The van der Waals surface area contributed by atoms with Crippen LogP contribution in [0.5, 0.6) is 0 Å². The summed E-state index contributed by atoms with van der Waals surface area (Å²) in [4.78, 5) is 40.1. The molecule has 4 aromatic carbocycles. The Kier molecular flexibility index (Phi) is 20.6. The molecule has 0 atom stereocenters. The van der Waals surface area contributed by atoms with Crippen LogP contribution in [0.15, 0.2) is 160 Å². The van der Waals surface area contributed by atoms with Crippen LogP contribution in [0.3, 0.4) is 0 Å². The van der Waals surface area contributed by atoms with E-state index in [4.69, 9.17) is 11.5 Å². The molecule has 50 heavy (non-hydrogen) atoms. The van der Waals surface area contributed by atoms with Crippen LogP contribution in [0.25, 0.3) is 0 Å². The number of amides is 4. The quantitative estimate of drug-likeness (QED) is 0.0243. The molecule has 0 saturated heterocycles. The van der Waals surface area contributed by atoms with Gasteiger partial charge in [0.05, 0.1) is 17.9 Å². The number of hydrogen-bond acceptors (Lipinski definition) is 10. The number of urea groups is 2. The lowest BCUT2D eigenvalue weighted by molar-refractivity contribution is 0.252. The summed E-state index contributed by atoms with van der Waals surface area (Å²) in [6.07, 6.45) is 6.14. The van der Waals surface area contributed by atoms with Crippen molar-refractivity contribution >= 4 is 84.1 Å². The number of carbonyl (C=O) groups excluding carboxylic acids is 3. The second kappa shape index (κ2) is 25.1. The molecule has 0 aliphatic carbocycles. The Hall–Kier alpha value is -4.98. The number of isocyanates is 1. The van der Waals surface area contributed by atoms with Gasteiger partial charge >= 0.3 is 12.1 Å². The molecule has 0 fully saturated rings. The summed E-state index contributed by atoms with van der Waals surface area (Å²) in [5, 5.41) is 11.0. The highest BCUT2D eigenvalue weighted by molar-refractivity contribution is 8.77. The third kappa shape index (κ3) is 16.4. The number of nitrogens with two attached hydrogens (primary N) is 2. The molecule has 0 aromatic heterocycles. The van der Waals surface area contributed by atoms with E-state index in [1.54, 1.807) is 33.7 Å². The normalized spacial score (nSPS) is 9.52. The fraction of sp³-hybridized carbons (Fsp3) is 0.0833. The van der Waals surface area contributed by atoms with E-state index in [1.165, 1.54) is 33.7 Å². The minimum atomic E-state index is -0.293. The van der Waals surface area contributed by atoms with Crippen LogP contribution >= 0.6 is 43.2 Å². The maximum Gasteiger partial charge on any atom is 0.319 e. The van der Waals surface area contributed by atoms with Crippen molar-refractivity contribution in [1.29, 1.82) is 0 Å². The van der Waals surface area contributed by atoms with Gasteiger partial charge in [0, 0.05) is 44.0 Å². The minimum Gasteiger partial charge on any atom is -0.398 e. The van der Waals surface area contributed by atoms with Crippen LogP contribution < -0.4 is 32.7 Å². The molecule has 0 unspecified atom stereocenters. The van der Waals surface area contributed by atoms with Crippen molar-refractivity contribution in [2.45, 2.75) is 19.6 Å². The van der Waals surface area contributed by atoms with Gasteiger partial charge in [-0.1, -0.05) is 110 Å². The fourth-order valence-corrected chi connectivity index (χ4v) is 7.84. The third-order valence-corrected chi connectivity index (χ3v) is 10.6. The Morgan fingerprint density at radius 2 is 0.960 bits per heavy atom. The van der Waals surface area contributed by atoms with Crippen LogP contribution in [-0.2, 0) is 4.79 Å². The molecule has 4 aromatic rings. The molecule has 0 bridgehead atoms. The number of benzene rings is 4. The van der Waals surface area contributed by atoms with E-state index in [0.29, 0.717) is 31.0 Å². The van der Waals surface area contributed by atoms with Crippen molar-refractivity contribution in [3.63, 3.8) is 0 Å². The molecule has 0 saturated carbocycles. The standard InChI is InChI=1S/C20H22N4O2S2.C12H12N2S2.C4H5NO/c1-3-13-21-19(25)23-15-9-5-7-11-17(15)27-28-18-12-8-6-10-16(18)24-20(26)22-14-4-2;13-9-5-1-3-7-11(9)15-16-12-8-4-2-6-10(12)14;1-2-3-5-4-6/h3-12H,1-2,13-14H2,(H2,21,23,25)(H2,22,24,26);1-8H,13-14H2;2H,1,3H2. The van der Waals surface area contributed by atoms with Gasteiger partial charge in [-0.2, -0.15) is 0 Å². The van der Waals surface area contributed by atoms with Gasteiger partial charge in [-0.3, -0.25) is 0 Å². The van der Waals surface area contributed by atoms with Gasteiger partial charge in [-0.05, 0) is 48.5 Å². The molecule has 14 heteroatoms. The maximum absolute atomic E-state index is 11.9. The third-order valence-electron chi connectivity index (χ3n) is 5.65. The monoisotopic (exact) mass is 745 g/mol. The Morgan fingerprint density at radius 1 is 0.600 bits per heavy atom. The zero-order valence-corrected chi connectivity index (χ0v) is 30.4. The van der Waals surface area contributed by atoms with E-state index >= 15 is 0 Å². The Labute approximate surface area is 308 Å². The number of hydrogen-bond donors (Lipinski definition) is 6. The van der Waals surface area contributed by atoms with Crippen LogP contribution in [0.2, 0.25) is 0 Å². The summed E-state index contributed by atoms with van der Waals surface area (Å²) < 4.78 is 0. The number of nitrogens with one attached hydrogen (secondary N) is 4. The summed E-state index contributed by atoms with van der Waals surface area (Å²) in [6, 6.07) is 30.1. The van der Waals surface area contributed by atoms with Crippen molar-refractivity contribution in [2.24, 2.45) is 4.99 Å². The summed E-state index contributed by atoms with van der Waals surface area (Å²) in [5.74, 6) is 0. The SMILES string of the molecule is C=CCN=C=O.C=CCNC(=O)Nc1ccccc1SSc1ccccc1NC(=O)NCC=C.Nc1ccccc1SSc1ccccc1N. The lowest BCUT2D eigenvalue weighted by Gasteiger charge is -2.13. The molecule has 8 N–H and O–H groups in total. The maximum atomic E-state index is 11.9. The smallest absolute Gasteiger partial charge is 0.319 e. The number of carbonyl (C=O) groups is 2. The lowest BCUT2D eigenvalue weighted by atomic mass is 10.3. The van der Waals surface area contributed by atoms with Gasteiger partial charge in [0.1, 0.15) is 0 Å². The molecule has 0 radical (unpaired) electrons. The van der Waals surface area contributed by atoms with Gasteiger partial charge < -0.3 is 32.7 Å². The first kappa shape index (κ1) is 41.2. The van der Waals surface area contributed by atoms with E-state index in [9.17, 15) is 14.4 Å². The van der Waals surface area contributed by atoms with Gasteiger partial charge in [0.15, 0.2) is 0 Å². The molecule has 0 spiro atoms. The van der Waals surface area contributed by atoms with E-state index < -0.39 is 0 Å². The van der Waals surface area contributed by atoms with Gasteiger partial charge in [-0.25, -0.2) is 19.4 Å². The predicted molar refractivity (Wildman–Crippen MR) is 216 cm³/mol. The van der Waals surface area contributed by atoms with Crippen LogP contribution in [0, 0.1) is 0 Å². The zero-order valence-electron chi connectivity index (χ0n) is 27.2. The number of para-hydroxylation sites is 4. The van der Waals surface area contributed by atoms with E-state index in [-0.39, 0.29) is 12.1 Å². The van der Waals surface area contributed by atoms with E-state index in [2.05, 4.69) is 46.0 Å². The van der Waals surface area contributed by atoms with Crippen molar-refractivity contribution in [3.05, 3.63) is 135 Å². The lowest BCUT2D eigenvalue weighted by Crippen LogP contribution is -2.28. The highest BCUT2D eigenvalue weighted by Crippen LogP contribution is 2.44. The van der Waals surface area contributed by atoms with Gasteiger partial charge in [0.2, 0.25) is 6.08 Å². The predicted octanol–water partition coefficient (Wildman–Crippen LogP) is 9.26. The molecular formula is C36H39N7O3S4. The summed E-state index contributed by atoms with van der Waals surface area (Å²) in [7, 11) is 6.23. The first-order valence-corrected chi connectivity index (χ1v) is 19.1. The molecular weight excluding hydrogens is 707 g/mol. The van der Waals surface area contributed by atoms with Gasteiger partial charge in [-0.15, -0.1) is 19.7 Å². The van der Waals surface area contributed by atoms with Crippen LogP contribution in [0.1, 0.15) is 0 Å². The average molecular weight is 746 g/mol. The first-order chi connectivity index (χ1) is 24.3. The minimum absolute atomic E-state index is 0.293.